The van der Waals surface area contributed by atoms with Gasteiger partial charge in [0.15, 0.2) is 5.01 Å². The fraction of sp³-hybridized carbons (Fsp3) is 0.100. The van der Waals surface area contributed by atoms with Crippen molar-refractivity contribution < 1.29 is 13.5 Å². The molecular formula is C20H13F2N5O2S. The smallest absolute Gasteiger partial charge is 0.350 e. The average molecular weight is 425 g/mol. The second kappa shape index (κ2) is 7.88. The molecule has 10 heteroatoms. The van der Waals surface area contributed by atoms with Crippen molar-refractivity contribution in [3.63, 3.8) is 0 Å². The van der Waals surface area contributed by atoms with E-state index in [1.54, 1.807) is 31.2 Å². The molecular weight excluding hydrogens is 412 g/mol. The van der Waals surface area contributed by atoms with Crippen LogP contribution in [0, 0.1) is 29.9 Å². The van der Waals surface area contributed by atoms with Crippen LogP contribution in [0.15, 0.2) is 53.6 Å². The van der Waals surface area contributed by atoms with Crippen LogP contribution in [-0.2, 0) is 6.54 Å². The minimum atomic E-state index is -0.728. The van der Waals surface area contributed by atoms with Gasteiger partial charge in [-0.05, 0) is 43.3 Å². The molecule has 0 aliphatic carbocycles. The lowest BCUT2D eigenvalue weighted by atomic mass is 10.2. The van der Waals surface area contributed by atoms with Crippen LogP contribution in [0.2, 0.25) is 0 Å². The predicted octanol–water partition coefficient (Wildman–Crippen LogP) is 3.79. The Hall–Kier alpha value is -3.84. The van der Waals surface area contributed by atoms with Crippen LogP contribution in [-0.4, -0.2) is 19.3 Å². The first-order valence-corrected chi connectivity index (χ1v) is 9.51. The van der Waals surface area contributed by atoms with Crippen molar-refractivity contribution in [2.75, 3.05) is 0 Å². The zero-order valence-corrected chi connectivity index (χ0v) is 16.4. The number of nitriles is 1. The highest BCUT2D eigenvalue weighted by molar-refractivity contribution is 7.14. The third kappa shape index (κ3) is 3.70. The Morgan fingerprint density at radius 1 is 1.17 bits per heavy atom. The largest absolute Gasteiger partial charge is 0.445 e. The summed E-state index contributed by atoms with van der Waals surface area (Å²) in [6.45, 7) is 1.47. The lowest BCUT2D eigenvalue weighted by molar-refractivity contribution is 0.491. The predicted molar refractivity (Wildman–Crippen MR) is 105 cm³/mol. The van der Waals surface area contributed by atoms with Crippen LogP contribution < -0.4 is 10.4 Å². The van der Waals surface area contributed by atoms with Crippen molar-refractivity contribution in [3.05, 3.63) is 87.2 Å². The molecule has 0 N–H and O–H groups in total. The Kier molecular flexibility index (Phi) is 5.12. The van der Waals surface area contributed by atoms with Crippen molar-refractivity contribution in [1.29, 1.82) is 5.26 Å². The average Bonchev–Trinajstić information content (AvgIpc) is 3.28. The summed E-state index contributed by atoms with van der Waals surface area (Å²) in [7, 11) is 0. The Balaban J connectivity index is 1.56. The summed E-state index contributed by atoms with van der Waals surface area (Å²) in [6, 6.07) is 12.0. The number of benzene rings is 2. The van der Waals surface area contributed by atoms with E-state index in [2.05, 4.69) is 10.1 Å². The molecule has 7 nitrogen and oxygen atoms in total. The topological polar surface area (TPSA) is 85.7 Å². The molecule has 0 aliphatic rings. The number of aromatic nitrogens is 4. The van der Waals surface area contributed by atoms with Gasteiger partial charge in [-0.1, -0.05) is 17.4 Å². The molecule has 0 unspecified atom stereocenters. The minimum Gasteiger partial charge on any atom is -0.445 e. The van der Waals surface area contributed by atoms with Gasteiger partial charge in [-0.3, -0.25) is 4.57 Å². The fourth-order valence-corrected chi connectivity index (χ4v) is 3.50. The van der Waals surface area contributed by atoms with Crippen LogP contribution >= 0.6 is 11.3 Å². The van der Waals surface area contributed by atoms with E-state index in [0.717, 1.165) is 32.7 Å². The number of hydrogen-bond acceptors (Lipinski definition) is 6. The third-order valence-corrected chi connectivity index (χ3v) is 5.21. The molecule has 0 spiro atoms. The highest BCUT2D eigenvalue weighted by atomic mass is 32.1. The Bertz CT molecular complexity index is 1300. The van der Waals surface area contributed by atoms with Crippen molar-refractivity contribution in [3.8, 4) is 22.6 Å². The van der Waals surface area contributed by atoms with Gasteiger partial charge in [0.1, 0.15) is 29.8 Å². The van der Waals surface area contributed by atoms with Crippen LogP contribution in [0.1, 0.15) is 16.3 Å². The van der Waals surface area contributed by atoms with E-state index in [0.29, 0.717) is 27.2 Å². The number of hydrogen-bond donors (Lipinski definition) is 0. The lowest BCUT2D eigenvalue weighted by Crippen LogP contribution is -2.24. The second-order valence-corrected chi connectivity index (χ2v) is 7.21. The molecule has 150 valence electrons. The quantitative estimate of drug-likeness (QED) is 0.486. The molecule has 0 saturated heterocycles. The number of aryl methyl sites for hydroxylation is 1. The van der Waals surface area contributed by atoms with Crippen molar-refractivity contribution in [1.82, 2.24) is 19.3 Å². The molecule has 0 atom stereocenters. The van der Waals surface area contributed by atoms with E-state index in [-0.39, 0.29) is 12.1 Å². The summed E-state index contributed by atoms with van der Waals surface area (Å²) in [6.07, 6.45) is 1.22. The van der Waals surface area contributed by atoms with E-state index in [9.17, 15) is 13.6 Å². The number of thiazole rings is 1. The molecule has 2 aromatic heterocycles. The van der Waals surface area contributed by atoms with Gasteiger partial charge in [0, 0.05) is 5.56 Å². The summed E-state index contributed by atoms with van der Waals surface area (Å²) in [5.74, 6) is -0.959. The van der Waals surface area contributed by atoms with Gasteiger partial charge in [0.25, 0.3) is 0 Å². The number of nitrogens with zero attached hydrogens (tertiary/aromatic N) is 5. The van der Waals surface area contributed by atoms with E-state index < -0.39 is 17.3 Å². The second-order valence-electron chi connectivity index (χ2n) is 6.25. The molecule has 0 fully saturated rings. The van der Waals surface area contributed by atoms with Crippen LogP contribution in [0.5, 0.6) is 10.8 Å². The van der Waals surface area contributed by atoms with Gasteiger partial charge < -0.3 is 4.74 Å². The van der Waals surface area contributed by atoms with E-state index >= 15 is 0 Å². The van der Waals surface area contributed by atoms with Gasteiger partial charge in [0.2, 0.25) is 5.06 Å². The minimum absolute atomic E-state index is 0.209. The summed E-state index contributed by atoms with van der Waals surface area (Å²) >= 11 is 1.14. The molecule has 0 radical (unpaired) electrons. The van der Waals surface area contributed by atoms with E-state index in [4.69, 9.17) is 10.00 Å². The number of rotatable bonds is 5. The molecule has 0 saturated carbocycles. The Morgan fingerprint density at radius 3 is 2.50 bits per heavy atom. The normalized spacial score (nSPS) is 10.7. The van der Waals surface area contributed by atoms with Gasteiger partial charge in [-0.2, -0.15) is 15.0 Å². The highest BCUT2D eigenvalue weighted by Crippen LogP contribution is 2.31. The highest BCUT2D eigenvalue weighted by Gasteiger charge is 2.14. The molecule has 0 bridgehead atoms. The standard InChI is InChI=1S/C20H13F2N5O2S/c1-12-19(30-18(9-23)25-12)29-14-7-5-13(6-8-14)27-20(28)26(11-24-27)10-15-16(21)3-2-4-17(15)22/h2-8,11H,10H2,1H3. The molecule has 30 heavy (non-hydrogen) atoms. The molecule has 0 aliphatic heterocycles. The van der Waals surface area contributed by atoms with Crippen LogP contribution in [0.4, 0.5) is 8.78 Å². The first-order valence-electron chi connectivity index (χ1n) is 8.69. The third-order valence-electron chi connectivity index (χ3n) is 4.27. The monoisotopic (exact) mass is 425 g/mol. The van der Waals surface area contributed by atoms with E-state index in [1.165, 1.54) is 12.4 Å². The maximum Gasteiger partial charge on any atom is 0.350 e. The zero-order valence-electron chi connectivity index (χ0n) is 15.5. The van der Waals surface area contributed by atoms with Crippen molar-refractivity contribution >= 4 is 11.3 Å². The van der Waals surface area contributed by atoms with Gasteiger partial charge in [-0.25, -0.2) is 18.6 Å². The molecule has 2 aromatic carbocycles. The van der Waals surface area contributed by atoms with Crippen LogP contribution in [0.25, 0.3) is 5.69 Å². The maximum absolute atomic E-state index is 13.9. The summed E-state index contributed by atoms with van der Waals surface area (Å²) in [4.78, 5) is 16.7. The van der Waals surface area contributed by atoms with Gasteiger partial charge >= 0.3 is 5.69 Å². The molecule has 2 heterocycles. The Morgan fingerprint density at radius 2 is 1.87 bits per heavy atom. The zero-order chi connectivity index (χ0) is 21.3. The van der Waals surface area contributed by atoms with Crippen LogP contribution in [0.3, 0.4) is 0 Å². The molecule has 0 amide bonds. The SMILES string of the molecule is Cc1nc(C#N)sc1Oc1ccc(-n2ncn(Cc3c(F)cccc3F)c2=O)cc1. The molecule has 4 rings (SSSR count). The maximum atomic E-state index is 13.9. The lowest BCUT2D eigenvalue weighted by Gasteiger charge is -2.06. The summed E-state index contributed by atoms with van der Waals surface area (Å²) in [5.41, 5.74) is 0.317. The fourth-order valence-electron chi connectivity index (χ4n) is 2.76. The first-order chi connectivity index (χ1) is 14.5. The summed E-state index contributed by atoms with van der Waals surface area (Å²) < 4.78 is 35.7. The van der Waals surface area contributed by atoms with Gasteiger partial charge in [0.05, 0.1) is 17.9 Å². The summed E-state index contributed by atoms with van der Waals surface area (Å²) in [5, 5.41) is 13.8. The van der Waals surface area contributed by atoms with E-state index in [1.807, 2.05) is 6.07 Å². The number of ether oxygens (including phenoxy) is 1. The first kappa shape index (κ1) is 19.5. The number of halogens is 2. The molecule has 4 aromatic rings. The van der Waals surface area contributed by atoms with Crippen molar-refractivity contribution in [2.45, 2.75) is 13.5 Å². The van der Waals surface area contributed by atoms with Crippen molar-refractivity contribution in [2.24, 2.45) is 0 Å². The Labute approximate surface area is 173 Å². The van der Waals surface area contributed by atoms with Gasteiger partial charge in [-0.15, -0.1) is 0 Å².